The number of nitrogens with zero attached hydrogens (tertiary/aromatic N) is 2. The molecule has 1 radical (unpaired) electrons. The number of rotatable bonds is 4. The van der Waals surface area contributed by atoms with Crippen LogP contribution in [0, 0.1) is 7.43 Å². The molecular formula is C37H57N2O2Ru. The van der Waals surface area contributed by atoms with Crippen LogP contribution < -0.4 is 0 Å². The molecule has 5 heteroatoms. The van der Waals surface area contributed by atoms with Gasteiger partial charge < -0.3 is 17.6 Å². The molecule has 0 heterocycles. The Hall–Kier alpha value is -2.00. The van der Waals surface area contributed by atoms with Crippen LogP contribution in [-0.4, -0.2) is 34.7 Å². The van der Waals surface area contributed by atoms with Crippen LogP contribution in [0.2, 0.25) is 0 Å². The summed E-state index contributed by atoms with van der Waals surface area (Å²) in [4.78, 5) is 10.1. The number of aromatic hydroxyl groups is 2. The van der Waals surface area contributed by atoms with E-state index in [9.17, 15) is 10.2 Å². The van der Waals surface area contributed by atoms with Gasteiger partial charge in [-0.15, -0.1) is 0 Å². The maximum Gasteiger partial charge on any atom is 1.00 e. The molecule has 2 aromatic carbocycles. The summed E-state index contributed by atoms with van der Waals surface area (Å²) in [5.41, 5.74) is 5.39. The predicted molar refractivity (Wildman–Crippen MR) is 179 cm³/mol. The zero-order valence-corrected chi connectivity index (χ0v) is 30.3. The standard InChI is InChI=1S/C36H54N2O2.CH3.Ru/c1-33(2,3)25-17-23(31(39)27(19-25)35(7,8)9)21-37-29-15-13-14-16-30(29)38-22-24-18-26(34(4,5)6)20-28(32(24)40)36(10,11)12;;/h17-22,29-30,39-40H,13-16H2,1-12H3;1H3;/q;-1;+1/t29-,30?;;/m1../s1. The first kappa shape index (κ1) is 38.0. The molecule has 1 unspecified atom stereocenters. The second-order valence-corrected chi connectivity index (χ2v) is 15.9. The first-order valence-electron chi connectivity index (χ1n) is 15.0. The van der Waals surface area contributed by atoms with Gasteiger partial charge in [0.05, 0.1) is 12.1 Å². The van der Waals surface area contributed by atoms with Crippen molar-refractivity contribution in [3.8, 4) is 11.5 Å². The molecule has 2 aromatic rings. The van der Waals surface area contributed by atoms with Crippen molar-refractivity contribution in [3.63, 3.8) is 0 Å². The average molecular weight is 663 g/mol. The minimum absolute atomic E-state index is 0. The van der Waals surface area contributed by atoms with Gasteiger partial charge in [0.1, 0.15) is 11.5 Å². The zero-order chi connectivity index (χ0) is 30.3. The van der Waals surface area contributed by atoms with E-state index in [1.807, 2.05) is 12.4 Å². The van der Waals surface area contributed by atoms with Gasteiger partial charge >= 0.3 is 19.5 Å². The van der Waals surface area contributed by atoms with Gasteiger partial charge in [0, 0.05) is 34.7 Å². The van der Waals surface area contributed by atoms with Crippen LogP contribution in [0.5, 0.6) is 11.5 Å². The first-order chi connectivity index (χ1) is 18.2. The first-order valence-corrected chi connectivity index (χ1v) is 15.0. The number of phenolic OH excluding ortho intramolecular Hbond substituents is 2. The maximum absolute atomic E-state index is 11.2. The summed E-state index contributed by atoms with van der Waals surface area (Å²) >= 11 is 0. The molecule has 235 valence electrons. The molecule has 1 saturated carbocycles. The van der Waals surface area contributed by atoms with E-state index < -0.39 is 0 Å². The van der Waals surface area contributed by atoms with Crippen LogP contribution in [0.25, 0.3) is 0 Å². The summed E-state index contributed by atoms with van der Waals surface area (Å²) in [6.07, 6.45) is 7.90. The van der Waals surface area contributed by atoms with E-state index in [4.69, 9.17) is 9.98 Å². The number of aliphatic imine (C=N–C) groups is 2. The summed E-state index contributed by atoms with van der Waals surface area (Å²) in [7, 11) is 0. The van der Waals surface area contributed by atoms with Crippen LogP contribution in [0.15, 0.2) is 34.3 Å². The number of hydrogen-bond donors (Lipinski definition) is 2. The number of benzene rings is 2. The van der Waals surface area contributed by atoms with Gasteiger partial charge in [-0.25, -0.2) is 0 Å². The second-order valence-electron chi connectivity index (χ2n) is 15.9. The van der Waals surface area contributed by atoms with Gasteiger partial charge in [-0.1, -0.05) is 108 Å². The SMILES string of the molecule is CC(C)(C)c1cc(C=NC2CCCC[C@H]2N=Cc2cc(C(C)(C)C)cc(C(C)(C)C)c2O)c(O)c(C(C)(C)C)c1.[CH3-].[Ru+]. The summed E-state index contributed by atoms with van der Waals surface area (Å²) in [6, 6.07) is 8.53. The van der Waals surface area contributed by atoms with Crippen molar-refractivity contribution in [1.29, 1.82) is 0 Å². The van der Waals surface area contributed by atoms with Gasteiger partial charge in [0.2, 0.25) is 0 Å². The van der Waals surface area contributed by atoms with Crippen molar-refractivity contribution in [2.75, 3.05) is 0 Å². The van der Waals surface area contributed by atoms with Gasteiger partial charge in [-0.3, -0.25) is 9.98 Å². The van der Waals surface area contributed by atoms with E-state index in [1.54, 1.807) is 0 Å². The minimum atomic E-state index is -0.179. The fraction of sp³-hybridized carbons (Fsp3) is 0.595. The van der Waals surface area contributed by atoms with Crippen molar-refractivity contribution in [3.05, 3.63) is 65.1 Å². The zero-order valence-electron chi connectivity index (χ0n) is 28.6. The average Bonchev–Trinajstić information content (AvgIpc) is 2.80. The second kappa shape index (κ2) is 13.8. The number of phenols is 2. The Balaban J connectivity index is 0.00000441. The molecule has 0 aromatic heterocycles. The topological polar surface area (TPSA) is 65.2 Å². The third-order valence-corrected chi connectivity index (χ3v) is 8.13. The van der Waals surface area contributed by atoms with Crippen molar-refractivity contribution >= 4 is 12.4 Å². The summed E-state index contributed by atoms with van der Waals surface area (Å²) in [6.45, 7) is 26.0. The molecule has 1 fully saturated rings. The summed E-state index contributed by atoms with van der Waals surface area (Å²) in [5.74, 6) is 0.637. The minimum Gasteiger partial charge on any atom is -0.507 e. The molecule has 1 aliphatic rings. The molecule has 4 nitrogen and oxygen atoms in total. The quantitative estimate of drug-likeness (QED) is 0.195. The van der Waals surface area contributed by atoms with Crippen LogP contribution in [0.1, 0.15) is 142 Å². The molecule has 3 rings (SSSR count). The van der Waals surface area contributed by atoms with Crippen LogP contribution >= 0.6 is 0 Å². The van der Waals surface area contributed by atoms with Crippen molar-refractivity contribution in [2.24, 2.45) is 9.98 Å². The van der Waals surface area contributed by atoms with E-state index in [-0.39, 0.29) is 60.6 Å². The summed E-state index contributed by atoms with van der Waals surface area (Å²) < 4.78 is 0. The molecule has 2 atom stereocenters. The van der Waals surface area contributed by atoms with Gasteiger partial charge in [0.15, 0.2) is 0 Å². The molecule has 0 bridgehead atoms. The molecule has 0 saturated heterocycles. The Bertz CT molecular complexity index is 1170. The molecule has 0 amide bonds. The van der Waals surface area contributed by atoms with Crippen molar-refractivity contribution in [2.45, 2.75) is 143 Å². The predicted octanol–water partition coefficient (Wildman–Crippen LogP) is 9.58. The smallest absolute Gasteiger partial charge is 0.507 e. The Morgan fingerprint density at radius 1 is 0.571 bits per heavy atom. The van der Waals surface area contributed by atoms with Crippen LogP contribution in [0.4, 0.5) is 0 Å². The van der Waals surface area contributed by atoms with E-state index in [0.717, 1.165) is 47.9 Å². The Labute approximate surface area is 270 Å². The Morgan fingerprint density at radius 2 is 0.881 bits per heavy atom. The van der Waals surface area contributed by atoms with E-state index in [2.05, 4.69) is 107 Å². The fourth-order valence-corrected chi connectivity index (χ4v) is 5.31. The monoisotopic (exact) mass is 663 g/mol. The molecule has 1 aliphatic carbocycles. The fourth-order valence-electron chi connectivity index (χ4n) is 5.31. The molecule has 2 N–H and O–H groups in total. The van der Waals surface area contributed by atoms with Gasteiger partial charge in [0.25, 0.3) is 0 Å². The molecular weight excluding hydrogens is 605 g/mol. The van der Waals surface area contributed by atoms with Gasteiger partial charge in [-0.05, 0) is 57.8 Å². The van der Waals surface area contributed by atoms with E-state index >= 15 is 0 Å². The normalized spacial score (nSPS) is 18.7. The van der Waals surface area contributed by atoms with E-state index in [1.165, 1.54) is 11.1 Å². The molecule has 0 aliphatic heterocycles. The Morgan fingerprint density at radius 3 is 1.14 bits per heavy atom. The van der Waals surface area contributed by atoms with Crippen LogP contribution in [-0.2, 0) is 41.1 Å². The third-order valence-electron chi connectivity index (χ3n) is 8.13. The Kier molecular flexibility index (Phi) is 12.5. The molecule has 0 spiro atoms. The number of hydrogen-bond acceptors (Lipinski definition) is 4. The maximum atomic E-state index is 11.2. The van der Waals surface area contributed by atoms with Gasteiger partial charge in [-0.2, -0.15) is 0 Å². The largest absolute Gasteiger partial charge is 1.00 e. The molecule has 42 heavy (non-hydrogen) atoms. The van der Waals surface area contributed by atoms with Crippen molar-refractivity contribution < 1.29 is 29.7 Å². The third kappa shape index (κ3) is 9.25. The van der Waals surface area contributed by atoms with Crippen LogP contribution in [0.3, 0.4) is 0 Å². The summed E-state index contributed by atoms with van der Waals surface area (Å²) in [5, 5.41) is 22.5. The van der Waals surface area contributed by atoms with E-state index in [0.29, 0.717) is 11.5 Å². The van der Waals surface area contributed by atoms with Crippen molar-refractivity contribution in [1.82, 2.24) is 0 Å².